The van der Waals surface area contributed by atoms with Gasteiger partial charge in [0.05, 0.1) is 19.8 Å². The molecule has 0 spiro atoms. The summed E-state index contributed by atoms with van der Waals surface area (Å²) >= 11 is 1.14. The number of ether oxygens (including phenoxy) is 2. The van der Waals surface area contributed by atoms with Crippen LogP contribution in [-0.2, 0) is 4.74 Å². The van der Waals surface area contributed by atoms with E-state index in [9.17, 15) is 4.79 Å². The van der Waals surface area contributed by atoms with E-state index in [1.807, 2.05) is 0 Å². The Balaban J connectivity index is 1.94. The van der Waals surface area contributed by atoms with E-state index in [4.69, 9.17) is 9.47 Å². The van der Waals surface area contributed by atoms with Gasteiger partial charge in [0.2, 0.25) is 5.88 Å². The highest BCUT2D eigenvalue weighted by atomic mass is 32.1. The maximum absolute atomic E-state index is 11.7. The molecule has 1 amide bonds. The van der Waals surface area contributed by atoms with Crippen molar-refractivity contribution in [3.05, 3.63) is 10.9 Å². The summed E-state index contributed by atoms with van der Waals surface area (Å²) < 4.78 is 14.0. The fourth-order valence-electron chi connectivity index (χ4n) is 1.37. The second kappa shape index (κ2) is 4.59. The third-order valence-electron chi connectivity index (χ3n) is 2.19. The quantitative estimate of drug-likeness (QED) is 0.826. The van der Waals surface area contributed by atoms with Crippen molar-refractivity contribution in [1.82, 2.24) is 9.69 Å². The predicted molar refractivity (Wildman–Crippen MR) is 55.4 cm³/mol. The molecule has 15 heavy (non-hydrogen) atoms. The predicted octanol–water partition coefficient (Wildman–Crippen LogP) is 0.670. The van der Waals surface area contributed by atoms with Crippen LogP contribution in [0.5, 0.6) is 5.88 Å². The number of rotatable bonds is 3. The molecule has 1 atom stereocenters. The summed E-state index contributed by atoms with van der Waals surface area (Å²) in [5.74, 6) is 0.374. The maximum Gasteiger partial charge on any atom is 0.263 e. The zero-order valence-corrected chi connectivity index (χ0v) is 9.17. The van der Waals surface area contributed by atoms with Crippen molar-refractivity contribution in [3.8, 4) is 5.88 Å². The van der Waals surface area contributed by atoms with Crippen LogP contribution in [0.3, 0.4) is 0 Å². The molecule has 1 unspecified atom stereocenters. The number of hydrogen-bond acceptors (Lipinski definition) is 5. The minimum Gasteiger partial charge on any atom is -0.480 e. The molecule has 2 heterocycles. The van der Waals surface area contributed by atoms with E-state index in [-0.39, 0.29) is 11.9 Å². The molecule has 1 aliphatic rings. The molecular formula is C9H12N2O3S. The molecule has 0 aliphatic carbocycles. The van der Waals surface area contributed by atoms with Gasteiger partial charge in [-0.25, -0.2) is 0 Å². The van der Waals surface area contributed by atoms with E-state index in [1.165, 1.54) is 7.11 Å². The van der Waals surface area contributed by atoms with Gasteiger partial charge in [-0.15, -0.1) is 0 Å². The Kier molecular flexibility index (Phi) is 3.17. The fraction of sp³-hybridized carbons (Fsp3) is 0.556. The number of carbonyl (C=O) groups excluding carboxylic acids is 1. The lowest BCUT2D eigenvalue weighted by molar-refractivity contribution is 0.0934. The highest BCUT2D eigenvalue weighted by molar-refractivity contribution is 7.08. The molecule has 1 saturated heterocycles. The minimum atomic E-state index is -0.105. The van der Waals surface area contributed by atoms with Crippen molar-refractivity contribution >= 4 is 17.4 Å². The monoisotopic (exact) mass is 228 g/mol. The molecule has 0 aromatic carbocycles. The SMILES string of the molecule is COc1cc(C(=O)NC2CCOC2)sn1. The van der Waals surface area contributed by atoms with E-state index >= 15 is 0 Å². The third-order valence-corrected chi connectivity index (χ3v) is 2.96. The average Bonchev–Trinajstić information content (AvgIpc) is 2.86. The molecule has 82 valence electrons. The van der Waals surface area contributed by atoms with Crippen molar-refractivity contribution < 1.29 is 14.3 Å². The standard InChI is InChI=1S/C9H12N2O3S/c1-13-8-4-7(15-11-8)9(12)10-6-2-3-14-5-6/h4,6H,2-3,5H2,1H3,(H,10,12). The van der Waals surface area contributed by atoms with Crippen LogP contribution < -0.4 is 10.1 Å². The van der Waals surface area contributed by atoms with Crippen LogP contribution in [0.25, 0.3) is 0 Å². The molecule has 6 heteroatoms. The van der Waals surface area contributed by atoms with Gasteiger partial charge in [0.25, 0.3) is 5.91 Å². The lowest BCUT2D eigenvalue weighted by Gasteiger charge is -2.08. The summed E-state index contributed by atoms with van der Waals surface area (Å²) in [6.07, 6.45) is 0.877. The van der Waals surface area contributed by atoms with Gasteiger partial charge < -0.3 is 14.8 Å². The molecule has 5 nitrogen and oxygen atoms in total. The molecular weight excluding hydrogens is 216 g/mol. The normalized spacial score (nSPS) is 20.2. The first kappa shape index (κ1) is 10.4. The number of amides is 1. The molecule has 0 radical (unpaired) electrons. The smallest absolute Gasteiger partial charge is 0.263 e. The lowest BCUT2D eigenvalue weighted by Crippen LogP contribution is -2.34. The van der Waals surface area contributed by atoms with Crippen LogP contribution >= 0.6 is 11.5 Å². The number of methoxy groups -OCH3 is 1. The Bertz CT molecular complexity index is 347. The van der Waals surface area contributed by atoms with Crippen LogP contribution in [0.15, 0.2) is 6.07 Å². The Hall–Kier alpha value is -1.14. The number of hydrogen-bond donors (Lipinski definition) is 1. The molecule has 2 rings (SSSR count). The Morgan fingerprint density at radius 2 is 2.67 bits per heavy atom. The number of carbonyl (C=O) groups is 1. The van der Waals surface area contributed by atoms with Gasteiger partial charge in [-0.3, -0.25) is 4.79 Å². The average molecular weight is 228 g/mol. The summed E-state index contributed by atoms with van der Waals surface area (Å²) in [6.45, 7) is 1.32. The highest BCUT2D eigenvalue weighted by Crippen LogP contribution is 2.16. The maximum atomic E-state index is 11.7. The number of nitrogens with one attached hydrogen (secondary N) is 1. The van der Waals surface area contributed by atoms with Crippen LogP contribution in [0.1, 0.15) is 16.1 Å². The highest BCUT2D eigenvalue weighted by Gasteiger charge is 2.19. The molecule has 1 aromatic rings. The number of aromatic nitrogens is 1. The van der Waals surface area contributed by atoms with Crippen LogP contribution in [0.4, 0.5) is 0 Å². The van der Waals surface area contributed by atoms with E-state index in [0.717, 1.165) is 24.6 Å². The molecule has 0 bridgehead atoms. The molecule has 0 saturated carbocycles. The zero-order valence-electron chi connectivity index (χ0n) is 8.36. The first-order valence-electron chi connectivity index (χ1n) is 4.69. The number of nitrogens with zero attached hydrogens (tertiary/aromatic N) is 1. The van der Waals surface area contributed by atoms with Crippen LogP contribution in [0, 0.1) is 0 Å². The van der Waals surface area contributed by atoms with Gasteiger partial charge in [-0.05, 0) is 18.0 Å². The Morgan fingerprint density at radius 1 is 1.80 bits per heavy atom. The summed E-state index contributed by atoms with van der Waals surface area (Å²) in [6, 6.07) is 1.76. The summed E-state index contributed by atoms with van der Waals surface area (Å²) in [7, 11) is 1.53. The summed E-state index contributed by atoms with van der Waals surface area (Å²) in [5, 5.41) is 2.88. The third kappa shape index (κ3) is 2.45. The molecule has 1 N–H and O–H groups in total. The Labute approximate surface area is 91.6 Å². The largest absolute Gasteiger partial charge is 0.480 e. The van der Waals surface area contributed by atoms with E-state index in [2.05, 4.69) is 9.69 Å². The van der Waals surface area contributed by atoms with Crippen LogP contribution in [0.2, 0.25) is 0 Å². The van der Waals surface area contributed by atoms with Gasteiger partial charge >= 0.3 is 0 Å². The second-order valence-electron chi connectivity index (χ2n) is 3.27. The van der Waals surface area contributed by atoms with Crippen molar-refractivity contribution in [2.24, 2.45) is 0 Å². The van der Waals surface area contributed by atoms with E-state index < -0.39 is 0 Å². The van der Waals surface area contributed by atoms with Gasteiger partial charge in [0, 0.05) is 12.7 Å². The molecule has 1 aromatic heterocycles. The van der Waals surface area contributed by atoms with Crippen molar-refractivity contribution in [1.29, 1.82) is 0 Å². The molecule has 1 aliphatic heterocycles. The minimum absolute atomic E-state index is 0.105. The van der Waals surface area contributed by atoms with Crippen molar-refractivity contribution in [2.75, 3.05) is 20.3 Å². The van der Waals surface area contributed by atoms with Gasteiger partial charge in [0.1, 0.15) is 4.88 Å². The van der Waals surface area contributed by atoms with Crippen LogP contribution in [-0.4, -0.2) is 36.6 Å². The second-order valence-corrected chi connectivity index (χ2v) is 4.07. The first-order chi connectivity index (χ1) is 7.29. The summed E-state index contributed by atoms with van der Waals surface area (Å²) in [5.41, 5.74) is 0. The van der Waals surface area contributed by atoms with Crippen molar-refractivity contribution in [3.63, 3.8) is 0 Å². The first-order valence-corrected chi connectivity index (χ1v) is 5.46. The van der Waals surface area contributed by atoms with E-state index in [0.29, 0.717) is 17.4 Å². The van der Waals surface area contributed by atoms with E-state index in [1.54, 1.807) is 6.07 Å². The topological polar surface area (TPSA) is 60.5 Å². The lowest BCUT2D eigenvalue weighted by atomic mass is 10.2. The van der Waals surface area contributed by atoms with Gasteiger partial charge in [-0.2, -0.15) is 4.37 Å². The summed E-state index contributed by atoms with van der Waals surface area (Å²) in [4.78, 5) is 12.2. The van der Waals surface area contributed by atoms with Crippen molar-refractivity contribution in [2.45, 2.75) is 12.5 Å². The Morgan fingerprint density at radius 3 is 3.27 bits per heavy atom. The van der Waals surface area contributed by atoms with Gasteiger partial charge in [-0.1, -0.05) is 0 Å². The zero-order chi connectivity index (χ0) is 10.7. The molecule has 1 fully saturated rings. The fourth-order valence-corrected chi connectivity index (χ4v) is 1.98. The van der Waals surface area contributed by atoms with Gasteiger partial charge in [0.15, 0.2) is 0 Å².